The summed E-state index contributed by atoms with van der Waals surface area (Å²) in [5.41, 5.74) is 0.461. The highest BCUT2D eigenvalue weighted by molar-refractivity contribution is 6.30. The summed E-state index contributed by atoms with van der Waals surface area (Å²) < 4.78 is 56.9. The van der Waals surface area contributed by atoms with E-state index in [9.17, 15) is 22.8 Å². The molecule has 1 aromatic carbocycles. The molecule has 5 heterocycles. The van der Waals surface area contributed by atoms with Crippen LogP contribution in [-0.4, -0.2) is 66.8 Å². The van der Waals surface area contributed by atoms with Crippen LogP contribution in [0, 0.1) is 17.1 Å². The van der Waals surface area contributed by atoms with Crippen LogP contribution in [0.4, 0.5) is 17.6 Å². The Bertz CT molecular complexity index is 1580. The Kier molecular flexibility index (Phi) is 6.76. The fourth-order valence-corrected chi connectivity index (χ4v) is 6.12. The lowest BCUT2D eigenvalue weighted by molar-refractivity contribution is -0.138. The molecule has 1 N–H and O–H groups in total. The molecule has 6 rings (SSSR count). The summed E-state index contributed by atoms with van der Waals surface area (Å²) in [6.45, 7) is 2.18. The van der Waals surface area contributed by atoms with Gasteiger partial charge in [-0.05, 0) is 44.1 Å². The van der Waals surface area contributed by atoms with Gasteiger partial charge in [0, 0.05) is 54.6 Å². The Balaban J connectivity index is 1.12. The van der Waals surface area contributed by atoms with Gasteiger partial charge in [-0.1, -0.05) is 11.6 Å². The first-order valence-corrected chi connectivity index (χ1v) is 13.3. The molecule has 0 atom stereocenters. The second-order valence-corrected chi connectivity index (χ2v) is 10.9. The molecule has 0 amide bonds. The van der Waals surface area contributed by atoms with Crippen molar-refractivity contribution in [2.75, 3.05) is 26.2 Å². The van der Waals surface area contributed by atoms with Crippen LogP contribution in [0.5, 0.6) is 0 Å². The summed E-state index contributed by atoms with van der Waals surface area (Å²) in [4.78, 5) is 15.9. The van der Waals surface area contributed by atoms with Gasteiger partial charge >= 0.3 is 6.18 Å². The first kappa shape index (κ1) is 26.7. The molecular weight excluding hydrogens is 548 g/mol. The molecule has 0 aliphatic carbocycles. The number of aromatic amines is 1. The van der Waals surface area contributed by atoms with Crippen molar-refractivity contribution >= 4 is 22.6 Å². The zero-order valence-electron chi connectivity index (χ0n) is 21.3. The number of benzene rings is 1. The summed E-state index contributed by atoms with van der Waals surface area (Å²) in [6.07, 6.45) is 4.06. The molecule has 2 fully saturated rings. The van der Waals surface area contributed by atoms with Gasteiger partial charge in [-0.15, -0.1) is 0 Å². The number of nitriles is 1. The average molecular weight is 573 g/mol. The second-order valence-electron chi connectivity index (χ2n) is 10.5. The number of alkyl halides is 3. The number of halogens is 5. The Morgan fingerprint density at radius 3 is 2.65 bits per heavy atom. The summed E-state index contributed by atoms with van der Waals surface area (Å²) in [7, 11) is 0. The Morgan fingerprint density at radius 2 is 1.93 bits per heavy atom. The molecule has 13 heteroatoms. The standard InChI is InChI=1S/C27H25ClF4N8/c28-22-2-1-21(27(30,31)32)20(23(22)29)13-38-9-4-18(5-10-38)39-14-26(15-39,6-7-33)40-12-17(11-37-40)24-19-3-8-34-25(19)36-16-35-24/h1-3,8,11-12,16,18H,4-6,9-10,13-15H2,(H,34,35,36). The Morgan fingerprint density at radius 1 is 1.15 bits per heavy atom. The summed E-state index contributed by atoms with van der Waals surface area (Å²) >= 11 is 5.80. The van der Waals surface area contributed by atoms with E-state index in [4.69, 9.17) is 11.6 Å². The number of nitrogens with zero attached hydrogens (tertiary/aromatic N) is 7. The molecule has 2 aliphatic rings. The van der Waals surface area contributed by atoms with Crippen LogP contribution in [0.2, 0.25) is 5.02 Å². The molecule has 0 saturated carbocycles. The van der Waals surface area contributed by atoms with Crippen molar-refractivity contribution in [3.05, 3.63) is 65.1 Å². The molecule has 4 aromatic rings. The van der Waals surface area contributed by atoms with E-state index in [0.29, 0.717) is 32.6 Å². The van der Waals surface area contributed by atoms with Crippen LogP contribution in [0.1, 0.15) is 30.4 Å². The largest absolute Gasteiger partial charge is 0.416 e. The van der Waals surface area contributed by atoms with Gasteiger partial charge in [0.1, 0.15) is 23.3 Å². The molecule has 2 saturated heterocycles. The van der Waals surface area contributed by atoms with E-state index < -0.39 is 28.7 Å². The molecule has 2 aliphatic heterocycles. The van der Waals surface area contributed by atoms with Gasteiger partial charge in [0.15, 0.2) is 0 Å². The van der Waals surface area contributed by atoms with E-state index in [2.05, 4.69) is 31.0 Å². The maximum Gasteiger partial charge on any atom is 0.416 e. The highest BCUT2D eigenvalue weighted by atomic mass is 35.5. The van der Waals surface area contributed by atoms with Crippen LogP contribution in [-0.2, 0) is 18.3 Å². The third-order valence-electron chi connectivity index (χ3n) is 8.06. The molecule has 208 valence electrons. The number of hydrogen-bond acceptors (Lipinski definition) is 6. The van der Waals surface area contributed by atoms with Crippen molar-refractivity contribution < 1.29 is 17.6 Å². The topological polar surface area (TPSA) is 89.7 Å². The molecule has 8 nitrogen and oxygen atoms in total. The smallest absolute Gasteiger partial charge is 0.346 e. The maximum absolute atomic E-state index is 14.6. The number of rotatable bonds is 6. The van der Waals surface area contributed by atoms with Gasteiger partial charge < -0.3 is 4.98 Å². The van der Waals surface area contributed by atoms with Crippen LogP contribution < -0.4 is 0 Å². The molecule has 0 unspecified atom stereocenters. The van der Waals surface area contributed by atoms with Gasteiger partial charge in [0.2, 0.25) is 0 Å². The number of piperidine rings is 1. The van der Waals surface area contributed by atoms with Crippen LogP contribution in [0.25, 0.3) is 22.3 Å². The maximum atomic E-state index is 14.6. The highest BCUT2D eigenvalue weighted by Gasteiger charge is 2.48. The highest BCUT2D eigenvalue weighted by Crippen LogP contribution is 2.39. The predicted octanol–water partition coefficient (Wildman–Crippen LogP) is 5.22. The van der Waals surface area contributed by atoms with Gasteiger partial charge in [-0.3, -0.25) is 14.5 Å². The molecular formula is C27H25ClF4N8. The lowest BCUT2D eigenvalue weighted by Crippen LogP contribution is -2.66. The zero-order chi connectivity index (χ0) is 28.1. The van der Waals surface area contributed by atoms with E-state index in [0.717, 1.165) is 47.3 Å². The fourth-order valence-electron chi connectivity index (χ4n) is 5.94. The summed E-state index contributed by atoms with van der Waals surface area (Å²) in [6, 6.07) is 6.22. The summed E-state index contributed by atoms with van der Waals surface area (Å²) in [5, 5.41) is 14.8. The lowest BCUT2D eigenvalue weighted by atomic mass is 9.83. The van der Waals surface area contributed by atoms with E-state index in [1.807, 2.05) is 21.8 Å². The Labute approximate surface area is 232 Å². The minimum Gasteiger partial charge on any atom is -0.346 e. The fraction of sp³-hybridized carbons (Fsp3) is 0.407. The minimum absolute atomic E-state index is 0.153. The van der Waals surface area contributed by atoms with Crippen LogP contribution in [0.3, 0.4) is 0 Å². The van der Waals surface area contributed by atoms with E-state index in [1.165, 1.54) is 6.33 Å². The van der Waals surface area contributed by atoms with Crippen molar-refractivity contribution in [1.82, 2.24) is 34.5 Å². The number of nitrogens with one attached hydrogen (secondary N) is 1. The average Bonchev–Trinajstić information content (AvgIpc) is 3.59. The predicted molar refractivity (Wildman–Crippen MR) is 140 cm³/mol. The number of H-pyrrole nitrogens is 1. The second kappa shape index (κ2) is 10.1. The van der Waals surface area contributed by atoms with Gasteiger partial charge in [0.25, 0.3) is 0 Å². The zero-order valence-corrected chi connectivity index (χ0v) is 22.1. The Hall–Kier alpha value is -3.53. The monoisotopic (exact) mass is 572 g/mol. The van der Waals surface area contributed by atoms with E-state index in [1.54, 1.807) is 12.4 Å². The first-order valence-electron chi connectivity index (χ1n) is 12.9. The molecule has 0 radical (unpaired) electrons. The van der Waals surface area contributed by atoms with E-state index >= 15 is 0 Å². The van der Waals surface area contributed by atoms with Crippen molar-refractivity contribution in [2.45, 2.75) is 43.6 Å². The first-order chi connectivity index (χ1) is 19.2. The number of aromatic nitrogens is 5. The van der Waals surface area contributed by atoms with Crippen molar-refractivity contribution in [3.63, 3.8) is 0 Å². The minimum atomic E-state index is -4.66. The van der Waals surface area contributed by atoms with Crippen LogP contribution >= 0.6 is 11.6 Å². The third kappa shape index (κ3) is 4.72. The van der Waals surface area contributed by atoms with Gasteiger partial charge in [0.05, 0.1) is 35.0 Å². The molecule has 0 spiro atoms. The quantitative estimate of drug-likeness (QED) is 0.319. The SMILES string of the molecule is N#CCC1(n2cc(-c3ncnc4[nH]ccc34)cn2)CN(C2CCN(Cc3c(C(F)(F)F)ccc(Cl)c3F)CC2)C1. The van der Waals surface area contributed by atoms with Crippen LogP contribution in [0.15, 0.2) is 43.1 Å². The molecule has 3 aromatic heterocycles. The normalized spacial score (nSPS) is 18.6. The van der Waals surface area contributed by atoms with Crippen molar-refractivity contribution in [1.29, 1.82) is 5.26 Å². The molecule has 40 heavy (non-hydrogen) atoms. The summed E-state index contributed by atoms with van der Waals surface area (Å²) in [5.74, 6) is -1.01. The number of likely N-dealkylation sites (tertiary alicyclic amines) is 2. The lowest BCUT2D eigenvalue weighted by Gasteiger charge is -2.53. The van der Waals surface area contributed by atoms with Gasteiger partial charge in [-0.25, -0.2) is 14.4 Å². The van der Waals surface area contributed by atoms with Gasteiger partial charge in [-0.2, -0.15) is 23.5 Å². The third-order valence-corrected chi connectivity index (χ3v) is 8.35. The van der Waals surface area contributed by atoms with Crippen molar-refractivity contribution in [3.8, 4) is 17.3 Å². The van der Waals surface area contributed by atoms with Crippen molar-refractivity contribution in [2.24, 2.45) is 0 Å². The number of hydrogen-bond donors (Lipinski definition) is 1. The van der Waals surface area contributed by atoms with E-state index in [-0.39, 0.29) is 17.6 Å². The number of fused-ring (bicyclic) bond motifs is 1. The molecule has 0 bridgehead atoms.